The van der Waals surface area contributed by atoms with Gasteiger partial charge in [-0.25, -0.2) is 9.97 Å². The maximum atomic E-state index is 4.39. The van der Waals surface area contributed by atoms with Gasteiger partial charge >= 0.3 is 0 Å². The molecule has 5 nitrogen and oxygen atoms in total. The van der Waals surface area contributed by atoms with Gasteiger partial charge in [0.15, 0.2) is 0 Å². The van der Waals surface area contributed by atoms with Crippen LogP contribution in [0.4, 0.5) is 0 Å². The Balaban J connectivity index is 2.11. The van der Waals surface area contributed by atoms with E-state index in [1.165, 1.54) is 0 Å². The summed E-state index contributed by atoms with van der Waals surface area (Å²) < 4.78 is 1.98. The second-order valence-corrected chi connectivity index (χ2v) is 4.85. The van der Waals surface area contributed by atoms with Crippen LogP contribution in [0.1, 0.15) is 37.8 Å². The van der Waals surface area contributed by atoms with Gasteiger partial charge in [0.1, 0.15) is 12.2 Å². The van der Waals surface area contributed by atoms with E-state index in [-0.39, 0.29) is 6.04 Å². The third kappa shape index (κ3) is 3.14. The Morgan fingerprint density at radius 1 is 1.39 bits per heavy atom. The van der Waals surface area contributed by atoms with E-state index in [1.54, 1.807) is 17.7 Å². The number of thiazole rings is 1. The molecule has 0 aromatic carbocycles. The van der Waals surface area contributed by atoms with Crippen molar-refractivity contribution in [3.63, 3.8) is 0 Å². The van der Waals surface area contributed by atoms with Gasteiger partial charge in [-0.05, 0) is 13.0 Å². The smallest absolute Gasteiger partial charge is 0.138 e. The first-order valence-corrected chi connectivity index (χ1v) is 7.27. The number of aryl methyl sites for hydroxylation is 1. The number of aromatic nitrogens is 4. The lowest BCUT2D eigenvalue weighted by Gasteiger charge is -2.15. The molecule has 1 N–H and O–H groups in total. The number of nitrogens with zero attached hydrogens (tertiary/aromatic N) is 4. The number of hydrogen-bond acceptors (Lipinski definition) is 5. The first-order chi connectivity index (χ1) is 8.85. The molecule has 1 atom stereocenters. The van der Waals surface area contributed by atoms with E-state index in [2.05, 4.69) is 39.6 Å². The molecule has 0 aliphatic carbocycles. The van der Waals surface area contributed by atoms with Crippen LogP contribution < -0.4 is 5.32 Å². The second-order valence-electron chi connectivity index (χ2n) is 4.13. The molecule has 2 aromatic heterocycles. The molecule has 98 valence electrons. The van der Waals surface area contributed by atoms with Crippen molar-refractivity contribution >= 4 is 11.3 Å². The molecule has 2 aromatic rings. The highest BCUT2D eigenvalue weighted by Gasteiger charge is 2.16. The quantitative estimate of drug-likeness (QED) is 0.832. The molecule has 0 saturated carbocycles. The number of nitrogens with one attached hydrogen (secondary N) is 1. The van der Waals surface area contributed by atoms with Crippen LogP contribution in [-0.4, -0.2) is 26.3 Å². The third-order valence-electron chi connectivity index (χ3n) is 2.78. The van der Waals surface area contributed by atoms with Gasteiger partial charge in [0, 0.05) is 18.3 Å². The summed E-state index contributed by atoms with van der Waals surface area (Å²) >= 11 is 1.63. The monoisotopic (exact) mass is 265 g/mol. The third-order valence-corrected chi connectivity index (χ3v) is 3.38. The minimum absolute atomic E-state index is 0.223. The summed E-state index contributed by atoms with van der Waals surface area (Å²) in [7, 11) is 0. The SMILES string of the molecule is CCCn1ncnc1CC(NCC)c1cscn1. The van der Waals surface area contributed by atoms with Crippen LogP contribution in [0.5, 0.6) is 0 Å². The predicted octanol–water partition coefficient (Wildman–Crippen LogP) is 2.04. The second kappa shape index (κ2) is 6.61. The fourth-order valence-electron chi connectivity index (χ4n) is 1.95. The van der Waals surface area contributed by atoms with Crippen molar-refractivity contribution in [2.75, 3.05) is 6.54 Å². The van der Waals surface area contributed by atoms with Crippen LogP contribution in [0.3, 0.4) is 0 Å². The lowest BCUT2D eigenvalue weighted by atomic mass is 10.1. The van der Waals surface area contributed by atoms with Gasteiger partial charge in [0.05, 0.1) is 17.2 Å². The molecule has 18 heavy (non-hydrogen) atoms. The molecule has 1 unspecified atom stereocenters. The molecule has 2 rings (SSSR count). The van der Waals surface area contributed by atoms with Crippen LogP contribution in [0, 0.1) is 0 Å². The van der Waals surface area contributed by atoms with E-state index in [4.69, 9.17) is 0 Å². The van der Waals surface area contributed by atoms with Gasteiger partial charge in [-0.1, -0.05) is 13.8 Å². The predicted molar refractivity (Wildman–Crippen MR) is 72.5 cm³/mol. The van der Waals surface area contributed by atoms with Gasteiger partial charge in [-0.15, -0.1) is 11.3 Å². The number of hydrogen-bond donors (Lipinski definition) is 1. The van der Waals surface area contributed by atoms with E-state index in [0.29, 0.717) is 0 Å². The Bertz CT molecular complexity index is 451. The summed E-state index contributed by atoms with van der Waals surface area (Å²) in [4.78, 5) is 8.74. The van der Waals surface area contributed by atoms with Crippen LogP contribution in [0.25, 0.3) is 0 Å². The van der Waals surface area contributed by atoms with Gasteiger partial charge < -0.3 is 5.32 Å². The summed E-state index contributed by atoms with van der Waals surface area (Å²) in [5.74, 6) is 1.02. The van der Waals surface area contributed by atoms with E-state index < -0.39 is 0 Å². The summed E-state index contributed by atoms with van der Waals surface area (Å²) in [5, 5.41) is 9.81. The maximum Gasteiger partial charge on any atom is 0.138 e. The largest absolute Gasteiger partial charge is 0.309 e. The van der Waals surface area contributed by atoms with Crippen molar-refractivity contribution in [1.82, 2.24) is 25.1 Å². The zero-order valence-electron chi connectivity index (χ0n) is 10.8. The van der Waals surface area contributed by atoms with Crippen molar-refractivity contribution in [1.29, 1.82) is 0 Å². The fourth-order valence-corrected chi connectivity index (χ4v) is 2.56. The fraction of sp³-hybridized carbons (Fsp3) is 0.583. The highest BCUT2D eigenvalue weighted by molar-refractivity contribution is 7.07. The molecule has 0 aliphatic rings. The highest BCUT2D eigenvalue weighted by atomic mass is 32.1. The Hall–Kier alpha value is -1.27. The van der Waals surface area contributed by atoms with Gasteiger partial charge in [-0.3, -0.25) is 4.68 Å². The molecule has 2 heterocycles. The number of likely N-dealkylation sites (N-methyl/N-ethyl adjacent to an activating group) is 1. The zero-order chi connectivity index (χ0) is 12.8. The van der Waals surface area contributed by atoms with Gasteiger partial charge in [0.2, 0.25) is 0 Å². The van der Waals surface area contributed by atoms with Crippen molar-refractivity contribution in [2.45, 2.75) is 39.3 Å². The van der Waals surface area contributed by atoms with Crippen molar-refractivity contribution in [2.24, 2.45) is 0 Å². The summed E-state index contributed by atoms with van der Waals surface area (Å²) in [6.07, 6.45) is 3.53. The maximum absolute atomic E-state index is 4.39. The molecular weight excluding hydrogens is 246 g/mol. The summed E-state index contributed by atoms with van der Waals surface area (Å²) in [6, 6.07) is 0.223. The van der Waals surface area contributed by atoms with Crippen LogP contribution >= 0.6 is 11.3 Å². The van der Waals surface area contributed by atoms with Crippen LogP contribution in [-0.2, 0) is 13.0 Å². The Morgan fingerprint density at radius 2 is 2.28 bits per heavy atom. The molecule has 0 radical (unpaired) electrons. The lowest BCUT2D eigenvalue weighted by molar-refractivity contribution is 0.492. The topological polar surface area (TPSA) is 55.6 Å². The molecule has 0 aliphatic heterocycles. The number of rotatable bonds is 7. The molecule has 6 heteroatoms. The summed E-state index contributed by atoms with van der Waals surface area (Å²) in [6.45, 7) is 6.10. The van der Waals surface area contributed by atoms with Crippen LogP contribution in [0.2, 0.25) is 0 Å². The molecule has 0 bridgehead atoms. The molecule has 0 fully saturated rings. The van der Waals surface area contributed by atoms with E-state index >= 15 is 0 Å². The molecular formula is C12H19N5S. The van der Waals surface area contributed by atoms with Crippen LogP contribution in [0.15, 0.2) is 17.2 Å². The van der Waals surface area contributed by atoms with Gasteiger partial charge in [-0.2, -0.15) is 5.10 Å². The van der Waals surface area contributed by atoms with Gasteiger partial charge in [0.25, 0.3) is 0 Å². The van der Waals surface area contributed by atoms with E-state index in [0.717, 1.165) is 37.4 Å². The zero-order valence-corrected chi connectivity index (χ0v) is 11.7. The van der Waals surface area contributed by atoms with Crippen molar-refractivity contribution in [3.05, 3.63) is 28.7 Å². The first-order valence-electron chi connectivity index (χ1n) is 6.33. The normalized spacial score (nSPS) is 12.8. The van der Waals surface area contributed by atoms with Crippen molar-refractivity contribution < 1.29 is 0 Å². The Labute approximate surface area is 111 Å². The average Bonchev–Trinajstić information content (AvgIpc) is 3.01. The minimum Gasteiger partial charge on any atom is -0.309 e. The Morgan fingerprint density at radius 3 is 2.94 bits per heavy atom. The average molecular weight is 265 g/mol. The molecule has 0 spiro atoms. The lowest BCUT2D eigenvalue weighted by Crippen LogP contribution is -2.24. The van der Waals surface area contributed by atoms with Crippen molar-refractivity contribution in [3.8, 4) is 0 Å². The standard InChI is InChI=1S/C12H19N5S/c1-3-5-17-12(14-8-16-17)6-10(13-4-2)11-7-18-9-15-11/h7-10,13H,3-6H2,1-2H3. The molecule has 0 amide bonds. The molecule has 0 saturated heterocycles. The minimum atomic E-state index is 0.223. The summed E-state index contributed by atoms with van der Waals surface area (Å²) in [5.41, 5.74) is 2.96. The first kappa shape index (κ1) is 13.2. The Kier molecular flexibility index (Phi) is 4.83. The van der Waals surface area contributed by atoms with E-state index in [9.17, 15) is 0 Å². The highest BCUT2D eigenvalue weighted by Crippen LogP contribution is 2.17. The van der Waals surface area contributed by atoms with E-state index in [1.807, 2.05) is 10.2 Å².